The monoisotopic (exact) mass is 487 g/mol. The molecule has 1 atom stereocenters. The van der Waals surface area contributed by atoms with Gasteiger partial charge in [0.1, 0.15) is 6.61 Å². The Labute approximate surface area is 210 Å². The predicted molar refractivity (Wildman–Crippen MR) is 137 cm³/mol. The molecule has 1 aliphatic heterocycles. The second-order valence-electron chi connectivity index (χ2n) is 8.77. The van der Waals surface area contributed by atoms with Gasteiger partial charge in [-0.1, -0.05) is 60.7 Å². The van der Waals surface area contributed by atoms with Crippen LogP contribution < -0.4 is 10.2 Å². The zero-order valence-corrected chi connectivity index (χ0v) is 20.1. The van der Waals surface area contributed by atoms with Crippen LogP contribution in [0.4, 0.5) is 16.2 Å². The molecule has 2 amide bonds. The van der Waals surface area contributed by atoms with E-state index in [1.165, 1.54) is 0 Å². The van der Waals surface area contributed by atoms with Crippen LogP contribution in [0.2, 0.25) is 0 Å². The van der Waals surface area contributed by atoms with E-state index in [2.05, 4.69) is 5.32 Å². The minimum Gasteiger partial charge on any atom is -0.481 e. The van der Waals surface area contributed by atoms with E-state index in [0.717, 1.165) is 11.1 Å². The van der Waals surface area contributed by atoms with Gasteiger partial charge in [0, 0.05) is 31.5 Å². The minimum absolute atomic E-state index is 0.100. The van der Waals surface area contributed by atoms with Crippen LogP contribution in [0.3, 0.4) is 0 Å². The molecule has 1 heterocycles. The van der Waals surface area contributed by atoms with Gasteiger partial charge < -0.3 is 19.6 Å². The van der Waals surface area contributed by atoms with Gasteiger partial charge in [0.05, 0.1) is 18.0 Å². The zero-order valence-electron chi connectivity index (χ0n) is 20.1. The fraction of sp³-hybridized carbons (Fsp3) is 0.250. The Morgan fingerprint density at radius 2 is 1.67 bits per heavy atom. The van der Waals surface area contributed by atoms with Gasteiger partial charge in [-0.2, -0.15) is 0 Å². The summed E-state index contributed by atoms with van der Waals surface area (Å²) in [5.74, 6) is -1.13. The number of amides is 2. The number of hydrogen-bond acceptors (Lipinski definition) is 5. The van der Waals surface area contributed by atoms with E-state index in [1.807, 2.05) is 65.6 Å². The molecule has 36 heavy (non-hydrogen) atoms. The molecule has 4 rings (SSSR count). The molecular weight excluding hydrogens is 458 g/mol. The van der Waals surface area contributed by atoms with E-state index in [1.54, 1.807) is 30.1 Å². The van der Waals surface area contributed by atoms with E-state index in [-0.39, 0.29) is 25.5 Å². The number of fused-ring (bicyclic) bond motifs is 1. The molecule has 186 valence electrons. The van der Waals surface area contributed by atoms with Crippen LogP contribution in [0.5, 0.6) is 0 Å². The number of anilines is 2. The molecule has 3 aromatic carbocycles. The van der Waals surface area contributed by atoms with Crippen molar-refractivity contribution < 1.29 is 24.2 Å². The Morgan fingerprint density at radius 1 is 1.00 bits per heavy atom. The highest BCUT2D eigenvalue weighted by molar-refractivity contribution is 6.02. The van der Waals surface area contributed by atoms with Crippen LogP contribution in [0.15, 0.2) is 78.9 Å². The summed E-state index contributed by atoms with van der Waals surface area (Å²) in [6.45, 7) is 0.859. The summed E-state index contributed by atoms with van der Waals surface area (Å²) in [5, 5.41) is 12.2. The summed E-state index contributed by atoms with van der Waals surface area (Å²) in [6, 6.07) is 23.8. The Balaban J connectivity index is 1.53. The normalized spacial score (nSPS) is 15.1. The van der Waals surface area contributed by atoms with Gasteiger partial charge in [-0.3, -0.25) is 14.9 Å². The van der Waals surface area contributed by atoms with E-state index in [0.29, 0.717) is 29.9 Å². The third-order valence-electron chi connectivity index (χ3n) is 6.26. The lowest BCUT2D eigenvalue weighted by Gasteiger charge is -2.30. The lowest BCUT2D eigenvalue weighted by atomic mass is 10.1. The van der Waals surface area contributed by atoms with Crippen molar-refractivity contribution in [2.75, 3.05) is 30.4 Å². The number of nitrogens with zero attached hydrogens (tertiary/aromatic N) is 2. The van der Waals surface area contributed by atoms with Crippen LogP contribution in [0.1, 0.15) is 27.9 Å². The number of ether oxygens (including phenoxy) is 1. The Morgan fingerprint density at radius 3 is 2.33 bits per heavy atom. The number of carbonyl (C=O) groups is 3. The molecule has 0 radical (unpaired) electrons. The van der Waals surface area contributed by atoms with Gasteiger partial charge in [-0.05, 0) is 35.7 Å². The molecule has 1 unspecified atom stereocenters. The van der Waals surface area contributed by atoms with Crippen molar-refractivity contribution in [1.29, 1.82) is 0 Å². The first-order valence-corrected chi connectivity index (χ1v) is 11.8. The predicted octanol–water partition coefficient (Wildman–Crippen LogP) is 4.41. The standard InChI is InChI=1S/C28H29N3O5/c1-30-23(17-26(32)33)18-31(15-14-20-8-4-2-5-9-20)27(34)24-16-22(12-13-25(24)30)29-28(35)36-19-21-10-6-3-7-11-21/h2-13,16,23H,14-15,17-19H2,1H3,(H,29,35)(H,32,33). The molecule has 0 saturated heterocycles. The molecule has 0 aromatic heterocycles. The first-order valence-electron chi connectivity index (χ1n) is 11.8. The summed E-state index contributed by atoms with van der Waals surface area (Å²) >= 11 is 0. The van der Waals surface area contributed by atoms with Crippen molar-refractivity contribution in [3.8, 4) is 0 Å². The summed E-state index contributed by atoms with van der Waals surface area (Å²) in [5.41, 5.74) is 3.41. The highest BCUT2D eigenvalue weighted by atomic mass is 16.5. The quantitative estimate of drug-likeness (QED) is 0.488. The molecular formula is C28H29N3O5. The second kappa shape index (κ2) is 11.4. The van der Waals surface area contributed by atoms with Crippen molar-refractivity contribution in [1.82, 2.24) is 4.90 Å². The van der Waals surface area contributed by atoms with E-state index in [4.69, 9.17) is 4.74 Å². The molecule has 0 saturated carbocycles. The summed E-state index contributed by atoms with van der Waals surface area (Å²) in [6.07, 6.45) is -0.0793. The van der Waals surface area contributed by atoms with E-state index < -0.39 is 18.1 Å². The number of carboxylic acids is 1. The fourth-order valence-corrected chi connectivity index (χ4v) is 4.30. The molecule has 0 aliphatic carbocycles. The third-order valence-corrected chi connectivity index (χ3v) is 6.26. The average Bonchev–Trinajstić information content (AvgIpc) is 2.97. The third kappa shape index (κ3) is 6.21. The number of carboxylic acid groups (broad SMARTS) is 1. The second-order valence-corrected chi connectivity index (χ2v) is 8.77. The van der Waals surface area contributed by atoms with Crippen LogP contribution in [-0.2, 0) is 22.6 Å². The van der Waals surface area contributed by atoms with Crippen molar-refractivity contribution in [3.63, 3.8) is 0 Å². The zero-order chi connectivity index (χ0) is 25.5. The summed E-state index contributed by atoms with van der Waals surface area (Å²) in [7, 11) is 1.79. The molecule has 0 spiro atoms. The van der Waals surface area contributed by atoms with Gasteiger partial charge in [0.25, 0.3) is 5.91 Å². The summed E-state index contributed by atoms with van der Waals surface area (Å²) < 4.78 is 5.30. The number of benzene rings is 3. The number of likely N-dealkylation sites (N-methyl/N-ethyl adjacent to an activating group) is 1. The first kappa shape index (κ1) is 24.8. The molecule has 2 N–H and O–H groups in total. The van der Waals surface area contributed by atoms with Crippen molar-refractivity contribution in [2.24, 2.45) is 0 Å². The molecule has 1 aliphatic rings. The van der Waals surface area contributed by atoms with Crippen LogP contribution in [0, 0.1) is 0 Å². The van der Waals surface area contributed by atoms with Gasteiger partial charge in [0.2, 0.25) is 0 Å². The van der Waals surface area contributed by atoms with Crippen molar-refractivity contribution >= 4 is 29.3 Å². The van der Waals surface area contributed by atoms with Crippen molar-refractivity contribution in [3.05, 3.63) is 95.6 Å². The number of rotatable bonds is 8. The SMILES string of the molecule is CN1c2ccc(NC(=O)OCc3ccccc3)cc2C(=O)N(CCc2ccccc2)CC1CC(=O)O. The Kier molecular flexibility index (Phi) is 7.85. The highest BCUT2D eigenvalue weighted by Crippen LogP contribution is 2.30. The van der Waals surface area contributed by atoms with Crippen LogP contribution in [0.25, 0.3) is 0 Å². The number of nitrogens with one attached hydrogen (secondary N) is 1. The Hall–Kier alpha value is -4.33. The van der Waals surface area contributed by atoms with Crippen LogP contribution >= 0.6 is 0 Å². The maximum atomic E-state index is 13.6. The fourth-order valence-electron chi connectivity index (χ4n) is 4.30. The van der Waals surface area contributed by atoms with E-state index in [9.17, 15) is 19.5 Å². The van der Waals surface area contributed by atoms with Crippen LogP contribution in [-0.4, -0.2) is 54.2 Å². The maximum Gasteiger partial charge on any atom is 0.411 e. The number of aliphatic carboxylic acids is 1. The van der Waals surface area contributed by atoms with Gasteiger partial charge >= 0.3 is 12.1 Å². The van der Waals surface area contributed by atoms with Crippen molar-refractivity contribution in [2.45, 2.75) is 25.5 Å². The smallest absolute Gasteiger partial charge is 0.411 e. The lowest BCUT2D eigenvalue weighted by Crippen LogP contribution is -2.43. The maximum absolute atomic E-state index is 13.6. The largest absolute Gasteiger partial charge is 0.481 e. The van der Waals surface area contributed by atoms with E-state index >= 15 is 0 Å². The first-order chi connectivity index (χ1) is 17.4. The molecule has 8 nitrogen and oxygen atoms in total. The van der Waals surface area contributed by atoms with Gasteiger partial charge in [0.15, 0.2) is 0 Å². The number of hydrogen-bond donors (Lipinski definition) is 2. The Bertz CT molecular complexity index is 1220. The molecule has 0 bridgehead atoms. The highest BCUT2D eigenvalue weighted by Gasteiger charge is 2.32. The molecule has 3 aromatic rings. The topological polar surface area (TPSA) is 99.2 Å². The number of carbonyl (C=O) groups excluding carboxylic acids is 2. The molecule has 0 fully saturated rings. The van der Waals surface area contributed by atoms with Gasteiger partial charge in [-0.15, -0.1) is 0 Å². The average molecular weight is 488 g/mol. The lowest BCUT2D eigenvalue weighted by molar-refractivity contribution is -0.137. The summed E-state index contributed by atoms with van der Waals surface area (Å²) in [4.78, 5) is 41.0. The minimum atomic E-state index is -0.926. The van der Waals surface area contributed by atoms with Gasteiger partial charge in [-0.25, -0.2) is 4.79 Å². The molecule has 8 heteroatoms.